The second-order valence-corrected chi connectivity index (χ2v) is 10.9. The Hall–Kier alpha value is -0.200. The molecule has 0 aromatic rings. The van der Waals surface area contributed by atoms with Gasteiger partial charge in [-0.05, 0) is 56.9 Å². The number of ether oxygens (including phenoxy) is 3. The quantitative estimate of drug-likeness (QED) is 0.762. The summed E-state index contributed by atoms with van der Waals surface area (Å²) in [6, 6.07) is 0.536. The van der Waals surface area contributed by atoms with E-state index in [0.717, 1.165) is 37.8 Å². The average Bonchev–Trinajstić information content (AvgIpc) is 3.11. The summed E-state index contributed by atoms with van der Waals surface area (Å²) >= 11 is 0. The molecule has 1 aliphatic heterocycles. The Morgan fingerprint density at radius 2 is 1.86 bits per heavy atom. The minimum Gasteiger partial charge on any atom is -0.392 e. The van der Waals surface area contributed by atoms with Gasteiger partial charge in [0.15, 0.2) is 0 Å². The number of fused-ring (bicyclic) bond motifs is 2. The zero-order chi connectivity index (χ0) is 20.1. The number of methoxy groups -OCH3 is 2. The van der Waals surface area contributed by atoms with Crippen molar-refractivity contribution in [2.45, 2.75) is 75.9 Å². The molecule has 29 heavy (non-hydrogen) atoms. The van der Waals surface area contributed by atoms with Crippen LogP contribution in [0.25, 0.3) is 0 Å². The topological polar surface area (TPSA) is 51.2 Å². The van der Waals surface area contributed by atoms with Gasteiger partial charge in [-0.25, -0.2) is 0 Å². The number of piperidine rings is 1. The van der Waals surface area contributed by atoms with Gasteiger partial charge in [0.2, 0.25) is 0 Å². The van der Waals surface area contributed by atoms with Crippen molar-refractivity contribution in [3.05, 3.63) is 0 Å². The summed E-state index contributed by atoms with van der Waals surface area (Å²) in [6.07, 6.45) is 5.94. The van der Waals surface area contributed by atoms with Gasteiger partial charge in [0.05, 0.1) is 23.9 Å². The van der Waals surface area contributed by atoms with Crippen molar-refractivity contribution >= 4 is 0 Å². The molecule has 0 radical (unpaired) electrons. The molecular weight excluding hydrogens is 366 g/mol. The maximum atomic E-state index is 11.6. The fourth-order valence-corrected chi connectivity index (χ4v) is 10.5. The van der Waals surface area contributed by atoms with E-state index in [1.54, 1.807) is 0 Å². The molecule has 7 bridgehead atoms. The van der Waals surface area contributed by atoms with E-state index in [1.165, 1.54) is 25.8 Å². The van der Waals surface area contributed by atoms with Gasteiger partial charge in [-0.1, -0.05) is 6.92 Å². The highest BCUT2D eigenvalue weighted by Gasteiger charge is 2.82. The van der Waals surface area contributed by atoms with Crippen LogP contribution in [-0.2, 0) is 14.2 Å². The Labute approximate surface area is 175 Å². The number of aliphatic hydroxyl groups is 1. The monoisotopic (exact) mass is 405 g/mol. The van der Waals surface area contributed by atoms with Crippen LogP contribution in [-0.4, -0.2) is 73.9 Å². The highest BCUT2D eigenvalue weighted by Crippen LogP contribution is 2.77. The van der Waals surface area contributed by atoms with Gasteiger partial charge in [-0.15, -0.1) is 0 Å². The summed E-state index contributed by atoms with van der Waals surface area (Å²) < 4.78 is 19.2. The van der Waals surface area contributed by atoms with E-state index in [4.69, 9.17) is 14.2 Å². The molecule has 0 amide bonds. The zero-order valence-electron chi connectivity index (χ0n) is 18.5. The highest BCUT2D eigenvalue weighted by molar-refractivity contribution is 5.31. The minimum absolute atomic E-state index is 0.115. The normalized spacial score (nSPS) is 59.9. The lowest BCUT2D eigenvalue weighted by molar-refractivity contribution is -0.271. The number of likely N-dealkylation sites (tertiary alicyclic amines) is 1. The van der Waals surface area contributed by atoms with Crippen LogP contribution in [0.2, 0.25) is 0 Å². The summed E-state index contributed by atoms with van der Waals surface area (Å²) in [5, 5.41) is 11.6. The molecule has 6 fully saturated rings. The number of rotatable bonds is 5. The standard InChI is InChI=1S/C24H39NO4/c1-5-25-12-13-7-8-19(28-4)24-15(13)10-17(22(24)25)23(29-6-2)11-18(27-3)14-9-16(24)20(23)21(14)26/h13-22,26H,5-12H2,1-4H3/t13?,14-,15-,16?,17+,18+,19?,20+,21+,22?,23+,24?/m1/s1. The SMILES string of the molecule is CCO[C@]12C[C@H](OC)[C@H]3CC([C@H]1[C@H]3O)C13C(OC)CCC4CN(CC)C1[C@@H]2C[C@H]43. The second kappa shape index (κ2) is 6.41. The number of nitrogens with zero attached hydrogens (tertiary/aromatic N) is 1. The molecule has 6 aliphatic rings. The van der Waals surface area contributed by atoms with Crippen LogP contribution in [0.5, 0.6) is 0 Å². The molecule has 5 unspecified atom stereocenters. The van der Waals surface area contributed by atoms with Crippen LogP contribution in [0.15, 0.2) is 0 Å². The zero-order valence-corrected chi connectivity index (χ0v) is 18.5. The molecule has 0 aromatic carbocycles. The summed E-state index contributed by atoms with van der Waals surface area (Å²) in [5.41, 5.74) is -0.0411. The number of hydrogen-bond acceptors (Lipinski definition) is 5. The molecule has 5 nitrogen and oxygen atoms in total. The van der Waals surface area contributed by atoms with Gasteiger partial charge < -0.3 is 19.3 Å². The molecule has 12 atom stereocenters. The molecular formula is C24H39NO4. The number of hydrogen-bond donors (Lipinski definition) is 1. The van der Waals surface area contributed by atoms with Gasteiger partial charge in [0, 0.05) is 63.0 Å². The first-order valence-electron chi connectivity index (χ1n) is 12.2. The van der Waals surface area contributed by atoms with E-state index in [0.29, 0.717) is 24.0 Å². The third kappa shape index (κ3) is 2.02. The lowest BCUT2D eigenvalue weighted by Crippen LogP contribution is -2.74. The van der Waals surface area contributed by atoms with Crippen LogP contribution in [0.4, 0.5) is 0 Å². The van der Waals surface area contributed by atoms with Crippen molar-refractivity contribution < 1.29 is 19.3 Å². The smallest absolute Gasteiger partial charge is 0.0806 e. The highest BCUT2D eigenvalue weighted by atomic mass is 16.5. The molecule has 164 valence electrons. The first kappa shape index (κ1) is 19.5. The van der Waals surface area contributed by atoms with E-state index in [-0.39, 0.29) is 35.1 Å². The Balaban J connectivity index is 1.58. The van der Waals surface area contributed by atoms with Gasteiger partial charge in [-0.3, -0.25) is 4.90 Å². The maximum Gasteiger partial charge on any atom is 0.0806 e. The molecule has 1 saturated heterocycles. The lowest BCUT2D eigenvalue weighted by Gasteiger charge is -2.67. The van der Waals surface area contributed by atoms with E-state index in [9.17, 15) is 5.11 Å². The second-order valence-electron chi connectivity index (χ2n) is 10.9. The van der Waals surface area contributed by atoms with Crippen molar-refractivity contribution in [3.63, 3.8) is 0 Å². The van der Waals surface area contributed by atoms with E-state index < -0.39 is 0 Å². The number of aliphatic hydroxyl groups excluding tert-OH is 1. The first-order valence-corrected chi connectivity index (χ1v) is 12.2. The lowest BCUT2D eigenvalue weighted by atomic mass is 9.46. The van der Waals surface area contributed by atoms with Gasteiger partial charge >= 0.3 is 0 Å². The fraction of sp³-hybridized carbons (Fsp3) is 1.00. The Bertz CT molecular complexity index is 673. The van der Waals surface area contributed by atoms with Crippen molar-refractivity contribution in [3.8, 4) is 0 Å². The van der Waals surface area contributed by atoms with Gasteiger partial charge in [0.25, 0.3) is 0 Å². The minimum atomic E-state index is -0.295. The van der Waals surface area contributed by atoms with Crippen LogP contribution in [0.3, 0.4) is 0 Å². The van der Waals surface area contributed by atoms with Crippen molar-refractivity contribution in [2.75, 3.05) is 33.9 Å². The van der Waals surface area contributed by atoms with Crippen LogP contribution in [0.1, 0.15) is 46.0 Å². The van der Waals surface area contributed by atoms with E-state index >= 15 is 0 Å². The predicted octanol–water partition coefficient (Wildman–Crippen LogP) is 2.56. The molecule has 5 heteroatoms. The third-order valence-electron chi connectivity index (χ3n) is 10.8. The van der Waals surface area contributed by atoms with Gasteiger partial charge in [-0.2, -0.15) is 0 Å². The van der Waals surface area contributed by atoms with Crippen LogP contribution < -0.4 is 0 Å². The molecule has 1 spiro atoms. The summed E-state index contributed by atoms with van der Waals surface area (Å²) in [7, 11) is 3.78. The fourth-order valence-electron chi connectivity index (χ4n) is 10.5. The third-order valence-corrected chi connectivity index (χ3v) is 10.8. The molecule has 5 aliphatic carbocycles. The molecule has 1 N–H and O–H groups in total. The van der Waals surface area contributed by atoms with Crippen LogP contribution >= 0.6 is 0 Å². The average molecular weight is 406 g/mol. The Morgan fingerprint density at radius 3 is 2.55 bits per heavy atom. The first-order chi connectivity index (χ1) is 14.1. The molecule has 0 aromatic heterocycles. The van der Waals surface area contributed by atoms with Crippen molar-refractivity contribution in [1.29, 1.82) is 0 Å². The molecule has 6 rings (SSSR count). The van der Waals surface area contributed by atoms with Crippen LogP contribution in [0, 0.1) is 40.9 Å². The Morgan fingerprint density at radius 1 is 1.03 bits per heavy atom. The maximum absolute atomic E-state index is 11.6. The molecule has 5 saturated carbocycles. The molecule has 1 heterocycles. The van der Waals surface area contributed by atoms with Crippen molar-refractivity contribution in [1.82, 2.24) is 4.90 Å². The van der Waals surface area contributed by atoms with Crippen molar-refractivity contribution in [2.24, 2.45) is 40.9 Å². The summed E-state index contributed by atoms with van der Waals surface area (Å²) in [6.45, 7) is 7.56. The Kier molecular flexibility index (Phi) is 4.31. The largest absolute Gasteiger partial charge is 0.392 e. The van der Waals surface area contributed by atoms with E-state index in [2.05, 4.69) is 18.7 Å². The predicted molar refractivity (Wildman–Crippen MR) is 109 cm³/mol. The van der Waals surface area contributed by atoms with Gasteiger partial charge in [0.1, 0.15) is 0 Å². The summed E-state index contributed by atoms with van der Waals surface area (Å²) in [4.78, 5) is 2.81. The van der Waals surface area contributed by atoms with E-state index in [1.807, 2.05) is 14.2 Å². The summed E-state index contributed by atoms with van der Waals surface area (Å²) in [5.74, 6) is 3.00.